The van der Waals surface area contributed by atoms with Gasteiger partial charge in [0.2, 0.25) is 0 Å². The van der Waals surface area contributed by atoms with Crippen LogP contribution < -0.4 is 37.1 Å². The minimum absolute atomic E-state index is 0.0136. The molecule has 2 atom stereocenters. The van der Waals surface area contributed by atoms with Crippen LogP contribution in [0.4, 0.5) is 4.39 Å². The summed E-state index contributed by atoms with van der Waals surface area (Å²) >= 11 is -0.351. The molecule has 0 aliphatic carbocycles. The molecule has 4 heterocycles. The van der Waals surface area contributed by atoms with Gasteiger partial charge in [-0.15, -0.1) is 0 Å². The minimum atomic E-state index is -1.61. The van der Waals surface area contributed by atoms with Crippen molar-refractivity contribution >= 4 is 16.1 Å². The van der Waals surface area contributed by atoms with E-state index in [1.54, 1.807) is 31.2 Å². The Labute approximate surface area is 218 Å². The van der Waals surface area contributed by atoms with Crippen molar-refractivity contribution in [3.8, 4) is 11.4 Å². The zero-order valence-corrected chi connectivity index (χ0v) is 22.1. The van der Waals surface area contributed by atoms with Crippen LogP contribution in [0.25, 0.3) is 21.5 Å². The quantitative estimate of drug-likeness (QED) is 0.400. The molecule has 0 saturated heterocycles. The molecule has 36 heavy (non-hydrogen) atoms. The number of benzene rings is 1. The van der Waals surface area contributed by atoms with Crippen LogP contribution in [0.5, 0.6) is 0 Å². The summed E-state index contributed by atoms with van der Waals surface area (Å²) in [5.41, 5.74) is 3.09. The van der Waals surface area contributed by atoms with Crippen molar-refractivity contribution in [2.24, 2.45) is 0 Å². The molecular formula is C28H26FIN3O3-. The standard InChI is InChI=1S/C28H26FIN3O3/c1-17(34)23-4-3-5-24(32-23)25-9-8-20-13-30-12-18(10-26(20)33-25)14-31-27(35)19-6-7-21-15-36-16-28(2,29)22(21)11-19/h3-13,17,34H,14-16H2,1-2H3,(H,31,35)/q-1/t17-,28-/m1/s1. The normalized spacial score (nSPS) is 19.7. The topological polar surface area (TPSA) is 84.3 Å². The summed E-state index contributed by atoms with van der Waals surface area (Å²) in [6.45, 7) is 3.85. The Hall–Kier alpha value is -2.95. The number of halogens is 2. The van der Waals surface area contributed by atoms with Gasteiger partial charge in [0.1, 0.15) is 0 Å². The molecular weight excluding hydrogens is 572 g/mol. The summed E-state index contributed by atoms with van der Waals surface area (Å²) < 4.78 is 24.6. The summed E-state index contributed by atoms with van der Waals surface area (Å²) in [6.07, 6.45) is 1.33. The Balaban J connectivity index is 1.36. The van der Waals surface area contributed by atoms with Crippen LogP contribution in [-0.2, 0) is 17.0 Å². The monoisotopic (exact) mass is 598 g/mol. The van der Waals surface area contributed by atoms with E-state index in [1.807, 2.05) is 30.3 Å². The van der Waals surface area contributed by atoms with Gasteiger partial charge in [0, 0.05) is 0 Å². The molecule has 5 rings (SSSR count). The van der Waals surface area contributed by atoms with E-state index in [1.165, 1.54) is 6.92 Å². The van der Waals surface area contributed by atoms with Crippen LogP contribution in [0, 0.1) is 0 Å². The average molecular weight is 598 g/mol. The number of fused-ring (bicyclic) bond motifs is 2. The summed E-state index contributed by atoms with van der Waals surface area (Å²) in [5, 5.41) is 14.7. The number of hydrogen-bond donors (Lipinski definition) is 2. The van der Waals surface area contributed by atoms with Crippen molar-refractivity contribution in [1.82, 2.24) is 15.3 Å². The molecule has 0 radical (unpaired) electrons. The van der Waals surface area contributed by atoms with Gasteiger partial charge < -0.3 is 0 Å². The number of carbonyl (C=O) groups excluding carboxylic acids is 1. The molecule has 2 aliphatic heterocycles. The molecule has 1 aromatic carbocycles. The van der Waals surface area contributed by atoms with Crippen LogP contribution in [0.3, 0.4) is 0 Å². The zero-order chi connectivity index (χ0) is 25.3. The van der Waals surface area contributed by atoms with E-state index in [0.29, 0.717) is 35.7 Å². The molecule has 0 unspecified atom stereocenters. The van der Waals surface area contributed by atoms with E-state index >= 15 is 0 Å². The number of aliphatic hydroxyl groups is 1. The molecule has 2 aromatic heterocycles. The number of ether oxygens (including phenoxy) is 1. The van der Waals surface area contributed by atoms with Gasteiger partial charge in [0.25, 0.3) is 0 Å². The Morgan fingerprint density at radius 2 is 2.03 bits per heavy atom. The molecule has 0 saturated carbocycles. The van der Waals surface area contributed by atoms with E-state index in [2.05, 4.69) is 18.5 Å². The Morgan fingerprint density at radius 1 is 1.19 bits per heavy atom. The molecule has 6 nitrogen and oxygen atoms in total. The van der Waals surface area contributed by atoms with Gasteiger partial charge in [0.15, 0.2) is 0 Å². The van der Waals surface area contributed by atoms with Gasteiger partial charge in [-0.05, 0) is 0 Å². The first-order valence-electron chi connectivity index (χ1n) is 11.6. The van der Waals surface area contributed by atoms with Gasteiger partial charge in [-0.3, -0.25) is 0 Å². The SMILES string of the molecule is C[C@@H](O)c1cccc(-c2ccc3c(n2)=CC(CNC(=O)c2ccc4c(c2)[C@](C)(F)COC4)=C[I-]C=3)n1. The first-order chi connectivity index (χ1) is 17.3. The van der Waals surface area contributed by atoms with Crippen molar-refractivity contribution in [1.29, 1.82) is 0 Å². The van der Waals surface area contributed by atoms with Gasteiger partial charge >= 0.3 is 219 Å². The second-order valence-corrected chi connectivity index (χ2v) is 11.1. The van der Waals surface area contributed by atoms with E-state index < -0.39 is 11.8 Å². The molecule has 2 N–H and O–H groups in total. The van der Waals surface area contributed by atoms with Crippen LogP contribution >= 0.6 is 0 Å². The molecule has 0 bridgehead atoms. The maximum absolute atomic E-state index is 14.9. The average Bonchev–Trinajstić information content (AvgIpc) is 3.08. The van der Waals surface area contributed by atoms with Crippen LogP contribution in [0.15, 0.2) is 58.2 Å². The van der Waals surface area contributed by atoms with Crippen LogP contribution in [0.2, 0.25) is 0 Å². The molecule has 0 spiro atoms. The molecule has 8 heteroatoms. The number of pyridine rings is 2. The number of amides is 1. The molecule has 186 valence electrons. The van der Waals surface area contributed by atoms with Crippen LogP contribution in [0.1, 0.15) is 47.1 Å². The van der Waals surface area contributed by atoms with Crippen molar-refractivity contribution in [2.45, 2.75) is 32.2 Å². The van der Waals surface area contributed by atoms with Gasteiger partial charge in [-0.2, -0.15) is 0 Å². The number of rotatable bonds is 5. The van der Waals surface area contributed by atoms with Crippen molar-refractivity contribution < 1.29 is 40.2 Å². The number of aliphatic hydroxyl groups excluding tert-OH is 1. The molecule has 2 aliphatic rings. The molecule has 1 amide bonds. The number of carbonyl (C=O) groups is 1. The number of alkyl halides is 1. The number of aromatic nitrogens is 2. The fourth-order valence-electron chi connectivity index (χ4n) is 4.18. The Morgan fingerprint density at radius 3 is 2.86 bits per heavy atom. The fraction of sp³-hybridized carbons (Fsp3) is 0.250. The van der Waals surface area contributed by atoms with Gasteiger partial charge in [-0.1, -0.05) is 0 Å². The van der Waals surface area contributed by atoms with Crippen LogP contribution in [-0.4, -0.2) is 34.1 Å². The number of nitrogens with one attached hydrogen (secondary N) is 1. The predicted molar refractivity (Wildman–Crippen MR) is 131 cm³/mol. The third kappa shape index (κ3) is 5.25. The second-order valence-electron chi connectivity index (χ2n) is 9.10. The molecule has 0 fully saturated rings. The van der Waals surface area contributed by atoms with Crippen molar-refractivity contribution in [3.63, 3.8) is 0 Å². The Kier molecular flexibility index (Phi) is 7.00. The van der Waals surface area contributed by atoms with Gasteiger partial charge in [-0.25, -0.2) is 0 Å². The van der Waals surface area contributed by atoms with Crippen molar-refractivity contribution in [3.05, 3.63) is 91.1 Å². The summed E-state index contributed by atoms with van der Waals surface area (Å²) in [4.78, 5) is 22.2. The summed E-state index contributed by atoms with van der Waals surface area (Å²) in [5.74, 6) is -0.248. The third-order valence-corrected chi connectivity index (χ3v) is 8.33. The summed E-state index contributed by atoms with van der Waals surface area (Å²) in [7, 11) is 0. The zero-order valence-electron chi connectivity index (χ0n) is 20.0. The van der Waals surface area contributed by atoms with E-state index in [4.69, 9.17) is 9.72 Å². The summed E-state index contributed by atoms with van der Waals surface area (Å²) in [6, 6.07) is 14.6. The predicted octanol–water partition coefficient (Wildman–Crippen LogP) is -0.153. The number of hydrogen-bond acceptors (Lipinski definition) is 5. The first-order valence-corrected chi connectivity index (χ1v) is 14.1. The van der Waals surface area contributed by atoms with E-state index in [-0.39, 0.29) is 33.7 Å². The Bertz CT molecular complexity index is 1480. The second kappa shape index (κ2) is 10.2. The van der Waals surface area contributed by atoms with E-state index in [0.717, 1.165) is 27.4 Å². The van der Waals surface area contributed by atoms with Gasteiger partial charge in [0.05, 0.1) is 0 Å². The van der Waals surface area contributed by atoms with Crippen molar-refractivity contribution in [2.75, 3.05) is 13.2 Å². The maximum atomic E-state index is 14.9. The third-order valence-electron chi connectivity index (χ3n) is 6.14. The fourth-order valence-corrected chi connectivity index (χ4v) is 6.14. The first kappa shape index (κ1) is 24.7. The van der Waals surface area contributed by atoms with E-state index in [9.17, 15) is 14.3 Å². The number of nitrogens with zero attached hydrogens (tertiary/aromatic N) is 2. The molecule has 3 aromatic rings.